The van der Waals surface area contributed by atoms with Crippen molar-refractivity contribution in [1.82, 2.24) is 20.1 Å². The molecule has 210 valence electrons. The zero-order valence-corrected chi connectivity index (χ0v) is 24.5. The van der Waals surface area contributed by atoms with Crippen molar-refractivity contribution in [3.63, 3.8) is 0 Å². The summed E-state index contributed by atoms with van der Waals surface area (Å²) < 4.78 is 31.4. The Morgan fingerprint density at radius 3 is 2.38 bits per heavy atom. The number of benzene rings is 3. The van der Waals surface area contributed by atoms with E-state index in [4.69, 9.17) is 27.4 Å². The fraction of sp³-hybridized carbons (Fsp3) is 0.259. The minimum Gasteiger partial charge on any atom is -0.379 e. The van der Waals surface area contributed by atoms with E-state index >= 15 is 0 Å². The molecule has 0 unspecified atom stereocenters. The molecule has 40 heavy (non-hydrogen) atoms. The second kappa shape index (κ2) is 12.7. The highest BCUT2D eigenvalue weighted by Crippen LogP contribution is 2.34. The Labute approximate surface area is 246 Å². The van der Waals surface area contributed by atoms with Crippen molar-refractivity contribution >= 4 is 66.0 Å². The number of thiazole rings is 1. The lowest BCUT2D eigenvalue weighted by atomic mass is 10.2. The van der Waals surface area contributed by atoms with Crippen LogP contribution in [0.2, 0.25) is 10.0 Å². The van der Waals surface area contributed by atoms with Gasteiger partial charge < -0.3 is 9.50 Å². The SMILES string of the molecule is O=C(NCCN1CCN(Cc2ccccc2)CC1)Nc1nc2ccc(OS(=O)(=O)c3c(Cl)cccc3Cl)cc2s1. The second-order valence-corrected chi connectivity index (χ2v) is 12.5. The standard InChI is InChI=1S/C27H27Cl2N5O4S2/c28-21-7-4-8-22(29)25(21)40(36,37)38-20-9-10-23-24(17-20)39-27(31-23)32-26(35)30-11-12-33-13-15-34(16-14-33)18-19-5-2-1-3-6-19/h1-10,17H,11-16,18H2,(H2,30,31,32,35). The summed E-state index contributed by atoms with van der Waals surface area (Å²) in [4.78, 5) is 21.3. The van der Waals surface area contributed by atoms with E-state index in [1.54, 1.807) is 12.1 Å². The lowest BCUT2D eigenvalue weighted by molar-refractivity contribution is 0.128. The molecule has 13 heteroatoms. The number of nitrogens with zero attached hydrogens (tertiary/aromatic N) is 3. The van der Waals surface area contributed by atoms with Crippen molar-refractivity contribution in [1.29, 1.82) is 0 Å². The summed E-state index contributed by atoms with van der Waals surface area (Å²) in [5, 5.41) is 5.94. The van der Waals surface area contributed by atoms with Gasteiger partial charge in [0.2, 0.25) is 0 Å². The van der Waals surface area contributed by atoms with Crippen molar-refractivity contribution in [2.75, 3.05) is 44.6 Å². The van der Waals surface area contributed by atoms with Gasteiger partial charge in [-0.3, -0.25) is 15.1 Å². The molecule has 1 saturated heterocycles. The first-order valence-corrected chi connectivity index (χ1v) is 15.6. The van der Waals surface area contributed by atoms with Gasteiger partial charge in [0.25, 0.3) is 0 Å². The molecule has 0 atom stereocenters. The van der Waals surface area contributed by atoms with Gasteiger partial charge in [0, 0.05) is 51.9 Å². The monoisotopic (exact) mass is 619 g/mol. The Balaban J connectivity index is 1.10. The van der Waals surface area contributed by atoms with Gasteiger partial charge in [0.1, 0.15) is 10.6 Å². The van der Waals surface area contributed by atoms with Gasteiger partial charge in [0.05, 0.1) is 20.3 Å². The molecule has 0 bridgehead atoms. The van der Waals surface area contributed by atoms with E-state index in [-0.39, 0.29) is 26.7 Å². The molecule has 0 saturated carbocycles. The third-order valence-corrected chi connectivity index (χ3v) is 9.52. The van der Waals surface area contributed by atoms with Crippen molar-refractivity contribution in [2.45, 2.75) is 11.4 Å². The number of urea groups is 1. The Morgan fingerprint density at radius 1 is 0.950 bits per heavy atom. The number of hydrogen-bond donors (Lipinski definition) is 2. The summed E-state index contributed by atoms with van der Waals surface area (Å²) in [6.45, 7) is 6.12. The minimum atomic E-state index is -4.26. The van der Waals surface area contributed by atoms with Crippen molar-refractivity contribution in [3.8, 4) is 5.75 Å². The number of aromatic nitrogens is 1. The number of carbonyl (C=O) groups is 1. The molecule has 1 fully saturated rings. The molecule has 5 rings (SSSR count). The maximum Gasteiger partial charge on any atom is 0.342 e. The Kier molecular flexibility index (Phi) is 9.09. The van der Waals surface area contributed by atoms with Crippen LogP contribution in [0.1, 0.15) is 5.56 Å². The molecule has 2 amide bonds. The minimum absolute atomic E-state index is 0.0332. The first-order valence-electron chi connectivity index (χ1n) is 12.6. The van der Waals surface area contributed by atoms with Crippen LogP contribution in [-0.4, -0.2) is 68.5 Å². The number of carbonyl (C=O) groups excluding carboxylic acids is 1. The Bertz CT molecular complexity index is 1570. The fourth-order valence-corrected chi connectivity index (χ4v) is 7.29. The highest BCUT2D eigenvalue weighted by atomic mass is 35.5. The van der Waals surface area contributed by atoms with Crippen molar-refractivity contribution in [2.24, 2.45) is 0 Å². The van der Waals surface area contributed by atoms with E-state index in [1.165, 1.54) is 41.2 Å². The summed E-state index contributed by atoms with van der Waals surface area (Å²) in [7, 11) is -4.26. The first-order chi connectivity index (χ1) is 19.3. The molecule has 2 N–H and O–H groups in total. The number of hydrogen-bond acceptors (Lipinski definition) is 8. The molecule has 0 radical (unpaired) electrons. The second-order valence-electron chi connectivity index (χ2n) is 9.22. The molecule has 0 aliphatic carbocycles. The third-order valence-electron chi connectivity index (χ3n) is 6.38. The van der Waals surface area contributed by atoms with Crippen LogP contribution in [0, 0.1) is 0 Å². The first kappa shape index (κ1) is 28.6. The maximum atomic E-state index is 12.8. The molecule has 9 nitrogen and oxygen atoms in total. The summed E-state index contributed by atoms with van der Waals surface area (Å²) in [5.41, 5.74) is 1.91. The molecule has 0 spiro atoms. The molecule has 4 aromatic rings. The van der Waals surface area contributed by atoms with Crippen LogP contribution in [0.3, 0.4) is 0 Å². The predicted molar refractivity (Wildman–Crippen MR) is 159 cm³/mol. The largest absolute Gasteiger partial charge is 0.379 e. The molecule has 1 aromatic heterocycles. The van der Waals surface area contributed by atoms with E-state index in [2.05, 4.69) is 49.7 Å². The summed E-state index contributed by atoms with van der Waals surface area (Å²) in [5.74, 6) is 0.0759. The van der Waals surface area contributed by atoms with Gasteiger partial charge in [-0.15, -0.1) is 0 Å². The van der Waals surface area contributed by atoms with E-state index in [0.717, 1.165) is 39.3 Å². The Hall–Kier alpha value is -2.93. The normalized spacial score (nSPS) is 14.8. The van der Waals surface area contributed by atoms with Crippen LogP contribution in [0.4, 0.5) is 9.93 Å². The molecule has 1 aliphatic rings. The number of nitrogens with one attached hydrogen (secondary N) is 2. The predicted octanol–water partition coefficient (Wildman–Crippen LogP) is 5.31. The smallest absolute Gasteiger partial charge is 0.342 e. The number of anilines is 1. The summed E-state index contributed by atoms with van der Waals surface area (Å²) in [6.07, 6.45) is 0. The lowest BCUT2D eigenvalue weighted by Crippen LogP contribution is -2.48. The molecular formula is C27H27Cl2N5O4S2. The number of amides is 2. The van der Waals surface area contributed by atoms with Crippen LogP contribution >= 0.6 is 34.5 Å². The van der Waals surface area contributed by atoms with E-state index < -0.39 is 10.1 Å². The number of fused-ring (bicyclic) bond motifs is 1. The quantitative estimate of drug-likeness (QED) is 0.245. The van der Waals surface area contributed by atoms with Gasteiger partial charge in [0.15, 0.2) is 5.13 Å². The van der Waals surface area contributed by atoms with Crippen molar-refractivity contribution < 1.29 is 17.4 Å². The van der Waals surface area contributed by atoms with Gasteiger partial charge in [-0.2, -0.15) is 8.42 Å². The van der Waals surface area contributed by atoms with E-state index in [1.807, 2.05) is 6.07 Å². The highest BCUT2D eigenvalue weighted by Gasteiger charge is 2.24. The fourth-order valence-electron chi connectivity index (χ4n) is 4.38. The van der Waals surface area contributed by atoms with Gasteiger partial charge in [-0.1, -0.05) is 70.9 Å². The average molecular weight is 621 g/mol. The maximum absolute atomic E-state index is 12.8. The summed E-state index contributed by atoms with van der Waals surface area (Å²) >= 11 is 13.3. The Morgan fingerprint density at radius 2 is 1.65 bits per heavy atom. The van der Waals surface area contributed by atoms with Gasteiger partial charge in [-0.25, -0.2) is 9.78 Å². The van der Waals surface area contributed by atoms with Crippen LogP contribution in [0.5, 0.6) is 5.75 Å². The lowest BCUT2D eigenvalue weighted by Gasteiger charge is -2.34. The molecule has 1 aliphatic heterocycles. The number of piperazine rings is 1. The highest BCUT2D eigenvalue weighted by molar-refractivity contribution is 7.87. The molecule has 3 aromatic carbocycles. The molecule has 2 heterocycles. The molecular weight excluding hydrogens is 593 g/mol. The van der Waals surface area contributed by atoms with E-state index in [9.17, 15) is 13.2 Å². The zero-order chi connectivity index (χ0) is 28.1. The van der Waals surface area contributed by atoms with Crippen molar-refractivity contribution in [3.05, 3.63) is 82.3 Å². The van der Waals surface area contributed by atoms with Crippen LogP contribution < -0.4 is 14.8 Å². The number of halogens is 2. The van der Waals surface area contributed by atoms with Gasteiger partial charge >= 0.3 is 16.1 Å². The summed E-state index contributed by atoms with van der Waals surface area (Å²) in [6, 6.07) is 19.1. The number of rotatable bonds is 9. The van der Waals surface area contributed by atoms with E-state index in [0.29, 0.717) is 21.9 Å². The third kappa shape index (κ3) is 7.22. The van der Waals surface area contributed by atoms with Gasteiger partial charge in [-0.05, 0) is 29.8 Å². The zero-order valence-electron chi connectivity index (χ0n) is 21.3. The van der Waals surface area contributed by atoms with Crippen LogP contribution in [0.25, 0.3) is 10.2 Å². The van der Waals surface area contributed by atoms with Crippen LogP contribution in [0.15, 0.2) is 71.6 Å². The van der Waals surface area contributed by atoms with Crippen LogP contribution in [-0.2, 0) is 16.7 Å². The topological polar surface area (TPSA) is 104 Å². The average Bonchev–Trinajstić information content (AvgIpc) is 3.31.